The molecular weight excluding hydrogens is 389 g/mol. The molecule has 0 aliphatic carbocycles. The molecule has 136 valence electrons. The standard InChI is InChI=1S/C17H12ClF3N2O2S/c18-13-4-6-14(7-5-13)24-9-15-22-23-16(25-15)26-10-11-2-1-3-12(8-11)17(19,20)21/h1-8H,9-10H2. The minimum absolute atomic E-state index is 0.0821. The highest BCUT2D eigenvalue weighted by atomic mass is 35.5. The minimum atomic E-state index is -4.36. The molecule has 0 fully saturated rings. The van der Waals surface area contributed by atoms with Crippen LogP contribution in [-0.4, -0.2) is 10.2 Å². The maximum absolute atomic E-state index is 12.7. The second kappa shape index (κ2) is 8.01. The zero-order chi connectivity index (χ0) is 18.6. The number of rotatable bonds is 6. The zero-order valence-corrected chi connectivity index (χ0v) is 14.7. The fraction of sp³-hybridized carbons (Fsp3) is 0.176. The van der Waals surface area contributed by atoms with E-state index in [-0.39, 0.29) is 23.5 Å². The summed E-state index contributed by atoms with van der Waals surface area (Å²) >= 11 is 6.95. The van der Waals surface area contributed by atoms with Gasteiger partial charge < -0.3 is 9.15 Å². The molecule has 26 heavy (non-hydrogen) atoms. The lowest BCUT2D eigenvalue weighted by molar-refractivity contribution is -0.137. The predicted molar refractivity (Wildman–Crippen MR) is 91.1 cm³/mol. The van der Waals surface area contributed by atoms with E-state index < -0.39 is 11.7 Å². The minimum Gasteiger partial charge on any atom is -0.484 e. The van der Waals surface area contributed by atoms with Crippen LogP contribution in [-0.2, 0) is 18.5 Å². The molecule has 2 aromatic carbocycles. The van der Waals surface area contributed by atoms with Crippen molar-refractivity contribution >= 4 is 23.4 Å². The Morgan fingerprint density at radius 2 is 1.85 bits per heavy atom. The molecule has 1 aromatic heterocycles. The smallest absolute Gasteiger partial charge is 0.416 e. The Labute approximate surface area is 156 Å². The van der Waals surface area contributed by atoms with Gasteiger partial charge in [0, 0.05) is 10.8 Å². The van der Waals surface area contributed by atoms with E-state index in [4.69, 9.17) is 20.8 Å². The van der Waals surface area contributed by atoms with Gasteiger partial charge in [-0.2, -0.15) is 13.2 Å². The monoisotopic (exact) mass is 400 g/mol. The molecule has 4 nitrogen and oxygen atoms in total. The van der Waals surface area contributed by atoms with Crippen molar-refractivity contribution in [2.75, 3.05) is 0 Å². The number of hydrogen-bond donors (Lipinski definition) is 0. The summed E-state index contributed by atoms with van der Waals surface area (Å²) in [5, 5.41) is 8.56. The van der Waals surface area contributed by atoms with Crippen molar-refractivity contribution in [1.82, 2.24) is 10.2 Å². The van der Waals surface area contributed by atoms with Gasteiger partial charge >= 0.3 is 6.18 Å². The van der Waals surface area contributed by atoms with Crippen LogP contribution in [0.5, 0.6) is 5.75 Å². The molecule has 0 amide bonds. The molecule has 0 aliphatic rings. The molecule has 0 spiro atoms. The van der Waals surface area contributed by atoms with Crippen molar-refractivity contribution < 1.29 is 22.3 Å². The van der Waals surface area contributed by atoms with Gasteiger partial charge in [-0.05, 0) is 35.9 Å². The van der Waals surface area contributed by atoms with Crippen molar-refractivity contribution in [3.05, 3.63) is 70.6 Å². The van der Waals surface area contributed by atoms with Gasteiger partial charge in [-0.3, -0.25) is 0 Å². The Hall–Kier alpha value is -2.19. The van der Waals surface area contributed by atoms with Crippen LogP contribution in [0.3, 0.4) is 0 Å². The largest absolute Gasteiger partial charge is 0.484 e. The maximum Gasteiger partial charge on any atom is 0.416 e. The van der Waals surface area contributed by atoms with Crippen LogP contribution in [0, 0.1) is 0 Å². The topological polar surface area (TPSA) is 48.2 Å². The van der Waals surface area contributed by atoms with Gasteiger partial charge in [0.15, 0.2) is 6.61 Å². The first-order valence-electron chi connectivity index (χ1n) is 7.40. The molecular formula is C17H12ClF3N2O2S. The van der Waals surface area contributed by atoms with Crippen LogP contribution >= 0.6 is 23.4 Å². The average molecular weight is 401 g/mol. The fourth-order valence-electron chi connectivity index (χ4n) is 2.01. The van der Waals surface area contributed by atoms with Crippen LogP contribution in [0.1, 0.15) is 17.0 Å². The zero-order valence-electron chi connectivity index (χ0n) is 13.2. The van der Waals surface area contributed by atoms with Crippen molar-refractivity contribution in [3.63, 3.8) is 0 Å². The molecule has 9 heteroatoms. The molecule has 0 saturated heterocycles. The van der Waals surface area contributed by atoms with Crippen LogP contribution in [0.15, 0.2) is 58.2 Å². The van der Waals surface area contributed by atoms with Gasteiger partial charge in [0.1, 0.15) is 5.75 Å². The second-order valence-corrected chi connectivity index (χ2v) is 6.55. The number of alkyl halides is 3. The molecule has 0 aliphatic heterocycles. The molecule has 1 heterocycles. The van der Waals surface area contributed by atoms with E-state index in [1.807, 2.05) is 0 Å². The average Bonchev–Trinajstić information content (AvgIpc) is 3.07. The molecule has 3 rings (SSSR count). The lowest BCUT2D eigenvalue weighted by Gasteiger charge is -2.07. The summed E-state index contributed by atoms with van der Waals surface area (Å²) in [6, 6.07) is 11.9. The molecule has 0 atom stereocenters. The van der Waals surface area contributed by atoms with Gasteiger partial charge in [0.2, 0.25) is 0 Å². The van der Waals surface area contributed by atoms with Gasteiger partial charge in [0.25, 0.3) is 11.1 Å². The molecule has 0 saturated carbocycles. The highest BCUT2D eigenvalue weighted by Gasteiger charge is 2.30. The third-order valence-corrected chi connectivity index (χ3v) is 4.38. The molecule has 0 bridgehead atoms. The van der Waals surface area contributed by atoms with E-state index in [2.05, 4.69) is 10.2 Å². The summed E-state index contributed by atoms with van der Waals surface area (Å²) in [6.45, 7) is 0.0821. The number of halogens is 4. The second-order valence-electron chi connectivity index (χ2n) is 5.19. The first-order chi connectivity index (χ1) is 12.4. The van der Waals surface area contributed by atoms with Gasteiger partial charge in [-0.25, -0.2) is 0 Å². The number of nitrogens with zero attached hydrogens (tertiary/aromatic N) is 2. The lowest BCUT2D eigenvalue weighted by atomic mass is 10.1. The Bertz CT molecular complexity index is 869. The Balaban J connectivity index is 1.54. The van der Waals surface area contributed by atoms with E-state index in [0.717, 1.165) is 23.9 Å². The van der Waals surface area contributed by atoms with E-state index in [9.17, 15) is 13.2 Å². The first-order valence-corrected chi connectivity index (χ1v) is 8.76. The van der Waals surface area contributed by atoms with Gasteiger partial charge in [0.05, 0.1) is 5.56 Å². The van der Waals surface area contributed by atoms with Crippen molar-refractivity contribution in [2.24, 2.45) is 0 Å². The number of aromatic nitrogens is 2. The van der Waals surface area contributed by atoms with E-state index in [1.54, 1.807) is 30.3 Å². The van der Waals surface area contributed by atoms with Crippen LogP contribution < -0.4 is 4.74 Å². The summed E-state index contributed by atoms with van der Waals surface area (Å²) in [5.74, 6) is 1.15. The highest BCUT2D eigenvalue weighted by Crippen LogP contribution is 2.31. The molecule has 0 unspecified atom stereocenters. The summed E-state index contributed by atoms with van der Waals surface area (Å²) in [4.78, 5) is 0. The van der Waals surface area contributed by atoms with E-state index in [1.165, 1.54) is 6.07 Å². The molecule has 3 aromatic rings. The van der Waals surface area contributed by atoms with Crippen molar-refractivity contribution in [1.29, 1.82) is 0 Å². The number of thioether (sulfide) groups is 1. The highest BCUT2D eigenvalue weighted by molar-refractivity contribution is 7.98. The summed E-state index contributed by atoms with van der Waals surface area (Å²) < 4.78 is 49.0. The van der Waals surface area contributed by atoms with Crippen LogP contribution in [0.25, 0.3) is 0 Å². The Morgan fingerprint density at radius 3 is 2.58 bits per heavy atom. The Kier molecular flexibility index (Phi) is 5.73. The van der Waals surface area contributed by atoms with E-state index >= 15 is 0 Å². The SMILES string of the molecule is FC(F)(F)c1cccc(CSc2nnc(COc3ccc(Cl)cc3)o2)c1. The van der Waals surface area contributed by atoms with Crippen LogP contribution in [0.4, 0.5) is 13.2 Å². The van der Waals surface area contributed by atoms with Gasteiger partial charge in [-0.15, -0.1) is 10.2 Å². The fourth-order valence-corrected chi connectivity index (χ4v) is 2.86. The van der Waals surface area contributed by atoms with E-state index in [0.29, 0.717) is 16.3 Å². The first kappa shape index (κ1) is 18.6. The molecule has 0 radical (unpaired) electrons. The summed E-state index contributed by atoms with van der Waals surface area (Å²) in [6.07, 6.45) is -4.36. The number of ether oxygens (including phenoxy) is 1. The third kappa shape index (κ3) is 5.15. The molecule has 0 N–H and O–H groups in total. The van der Waals surface area contributed by atoms with Gasteiger partial charge in [-0.1, -0.05) is 41.6 Å². The maximum atomic E-state index is 12.7. The Morgan fingerprint density at radius 1 is 1.08 bits per heavy atom. The lowest BCUT2D eigenvalue weighted by Crippen LogP contribution is -2.04. The number of benzene rings is 2. The quantitative estimate of drug-likeness (QED) is 0.503. The van der Waals surface area contributed by atoms with Crippen LogP contribution in [0.2, 0.25) is 5.02 Å². The third-order valence-electron chi connectivity index (χ3n) is 3.24. The van der Waals surface area contributed by atoms with Crippen molar-refractivity contribution in [3.8, 4) is 5.75 Å². The van der Waals surface area contributed by atoms with Crippen molar-refractivity contribution in [2.45, 2.75) is 23.8 Å². The summed E-state index contributed by atoms with van der Waals surface area (Å²) in [5.41, 5.74) is -0.167. The normalized spacial score (nSPS) is 11.5. The predicted octanol–water partition coefficient (Wildman–Crippen LogP) is 5.61. The summed E-state index contributed by atoms with van der Waals surface area (Å²) in [7, 11) is 0. The number of hydrogen-bond acceptors (Lipinski definition) is 5.